The van der Waals surface area contributed by atoms with Gasteiger partial charge in [-0.1, -0.05) is 48.5 Å². The molecule has 0 aliphatic carbocycles. The average Bonchev–Trinajstić information content (AvgIpc) is 2.66. The molecule has 0 saturated carbocycles. The molecular formula is C20H25N3O3. The fourth-order valence-corrected chi connectivity index (χ4v) is 2.68. The van der Waals surface area contributed by atoms with Crippen molar-refractivity contribution in [2.24, 2.45) is 5.73 Å². The maximum absolute atomic E-state index is 11.8. The van der Waals surface area contributed by atoms with E-state index in [2.05, 4.69) is 0 Å². The van der Waals surface area contributed by atoms with Crippen LogP contribution in [-0.2, 0) is 22.4 Å². The third-order valence-electron chi connectivity index (χ3n) is 4.22. The highest BCUT2D eigenvalue weighted by molar-refractivity contribution is 5.81. The molecule has 6 heteroatoms. The summed E-state index contributed by atoms with van der Waals surface area (Å²) < 4.78 is 0. The van der Waals surface area contributed by atoms with E-state index in [-0.39, 0.29) is 12.3 Å². The minimum absolute atomic E-state index is 0.0838. The van der Waals surface area contributed by atoms with Crippen LogP contribution in [0.4, 0.5) is 0 Å². The molecule has 1 atom stereocenters. The molecule has 0 bridgehead atoms. The number of hydrogen-bond donors (Lipinski definition) is 3. The highest BCUT2D eigenvalue weighted by Gasteiger charge is 2.15. The van der Waals surface area contributed by atoms with Crippen molar-refractivity contribution in [1.29, 1.82) is 0 Å². The third kappa shape index (κ3) is 5.40. The first-order valence-corrected chi connectivity index (χ1v) is 8.48. The van der Waals surface area contributed by atoms with Gasteiger partial charge >= 0.3 is 0 Å². The lowest BCUT2D eigenvalue weighted by atomic mass is 9.99. The summed E-state index contributed by atoms with van der Waals surface area (Å²) in [7, 11) is 3.40. The fraction of sp³-hybridized carbons (Fsp3) is 0.300. The molecule has 4 N–H and O–H groups in total. The lowest BCUT2D eigenvalue weighted by molar-refractivity contribution is -0.130. The van der Waals surface area contributed by atoms with Crippen molar-refractivity contribution in [2.75, 3.05) is 14.1 Å². The molecule has 0 aromatic heterocycles. The van der Waals surface area contributed by atoms with Gasteiger partial charge in [-0.15, -0.1) is 0 Å². The molecule has 26 heavy (non-hydrogen) atoms. The van der Waals surface area contributed by atoms with Crippen molar-refractivity contribution in [3.8, 4) is 11.1 Å². The van der Waals surface area contributed by atoms with Gasteiger partial charge in [0.15, 0.2) is 0 Å². The van der Waals surface area contributed by atoms with Gasteiger partial charge in [-0.05, 0) is 35.1 Å². The molecule has 0 radical (unpaired) electrons. The average molecular weight is 355 g/mol. The Morgan fingerprint density at radius 2 is 1.50 bits per heavy atom. The van der Waals surface area contributed by atoms with Gasteiger partial charge in [-0.3, -0.25) is 14.8 Å². The predicted molar refractivity (Wildman–Crippen MR) is 101 cm³/mol. The molecule has 0 aliphatic rings. The molecule has 2 rings (SSSR count). The minimum Gasteiger partial charge on any atom is -0.347 e. The molecule has 0 aliphatic heterocycles. The first-order valence-electron chi connectivity index (χ1n) is 8.48. The molecule has 0 unspecified atom stereocenters. The second-order valence-electron chi connectivity index (χ2n) is 6.47. The SMILES string of the molecule is CN(C)C(=O)[C@@H](N)Cc1ccc(-c2ccc(CCC(=O)NO)cc2)cc1. The van der Waals surface area contributed by atoms with Gasteiger partial charge in [0.1, 0.15) is 0 Å². The number of nitrogens with zero attached hydrogens (tertiary/aromatic N) is 1. The molecule has 0 saturated heterocycles. The number of carbonyl (C=O) groups excluding carboxylic acids is 2. The van der Waals surface area contributed by atoms with Crippen molar-refractivity contribution in [1.82, 2.24) is 10.4 Å². The van der Waals surface area contributed by atoms with E-state index in [4.69, 9.17) is 10.9 Å². The summed E-state index contributed by atoms with van der Waals surface area (Å²) in [4.78, 5) is 24.4. The number of amides is 2. The summed E-state index contributed by atoms with van der Waals surface area (Å²) in [6, 6.07) is 15.4. The van der Waals surface area contributed by atoms with Gasteiger partial charge in [-0.2, -0.15) is 0 Å². The topological polar surface area (TPSA) is 95.7 Å². The summed E-state index contributed by atoms with van der Waals surface area (Å²) >= 11 is 0. The quantitative estimate of drug-likeness (QED) is 0.521. The maximum Gasteiger partial charge on any atom is 0.243 e. The largest absolute Gasteiger partial charge is 0.347 e. The molecule has 2 aromatic carbocycles. The smallest absolute Gasteiger partial charge is 0.243 e. The van der Waals surface area contributed by atoms with E-state index in [0.717, 1.165) is 22.3 Å². The molecule has 2 amide bonds. The Balaban J connectivity index is 1.99. The van der Waals surface area contributed by atoms with Crippen LogP contribution in [0.2, 0.25) is 0 Å². The van der Waals surface area contributed by atoms with Gasteiger partial charge < -0.3 is 10.6 Å². The normalized spacial score (nSPS) is 11.7. The van der Waals surface area contributed by atoms with Crippen LogP contribution >= 0.6 is 0 Å². The molecular weight excluding hydrogens is 330 g/mol. The predicted octanol–water partition coefficient (Wildman–Crippen LogP) is 1.75. The third-order valence-corrected chi connectivity index (χ3v) is 4.22. The Labute approximate surface area is 153 Å². The first-order chi connectivity index (χ1) is 12.4. The molecule has 2 aromatic rings. The lowest BCUT2D eigenvalue weighted by Gasteiger charge is -2.16. The standard InChI is InChI=1S/C20H25N3O3/c1-23(2)20(25)18(21)13-15-5-10-17(11-6-15)16-8-3-14(4-9-16)7-12-19(24)22-26/h3-6,8-11,18,26H,7,12-13,21H2,1-2H3,(H,22,24)/t18-/m0/s1. The summed E-state index contributed by atoms with van der Waals surface area (Å²) in [6.45, 7) is 0. The number of nitrogens with one attached hydrogen (secondary N) is 1. The molecule has 6 nitrogen and oxygen atoms in total. The van der Waals surface area contributed by atoms with E-state index in [1.807, 2.05) is 48.5 Å². The van der Waals surface area contributed by atoms with Gasteiger partial charge in [0, 0.05) is 20.5 Å². The zero-order valence-corrected chi connectivity index (χ0v) is 15.1. The Morgan fingerprint density at radius 1 is 1.00 bits per heavy atom. The number of hydroxylamine groups is 1. The fourth-order valence-electron chi connectivity index (χ4n) is 2.68. The van der Waals surface area contributed by atoms with Crippen LogP contribution in [0.15, 0.2) is 48.5 Å². The summed E-state index contributed by atoms with van der Waals surface area (Å²) in [5.41, 5.74) is 11.8. The van der Waals surface area contributed by atoms with Crippen LogP contribution in [0.5, 0.6) is 0 Å². The van der Waals surface area contributed by atoms with E-state index in [9.17, 15) is 9.59 Å². The van der Waals surface area contributed by atoms with Crippen molar-refractivity contribution >= 4 is 11.8 Å². The number of likely N-dealkylation sites (N-methyl/N-ethyl adjacent to an activating group) is 1. The van der Waals surface area contributed by atoms with Crippen LogP contribution in [-0.4, -0.2) is 42.1 Å². The second-order valence-corrected chi connectivity index (χ2v) is 6.47. The lowest BCUT2D eigenvalue weighted by Crippen LogP contribution is -2.41. The van der Waals surface area contributed by atoms with E-state index >= 15 is 0 Å². The number of hydrogen-bond acceptors (Lipinski definition) is 4. The van der Waals surface area contributed by atoms with E-state index in [1.165, 1.54) is 4.90 Å². The van der Waals surface area contributed by atoms with Gasteiger partial charge in [0.05, 0.1) is 6.04 Å². The van der Waals surface area contributed by atoms with E-state index in [1.54, 1.807) is 19.6 Å². The van der Waals surface area contributed by atoms with Crippen molar-refractivity contribution in [2.45, 2.75) is 25.3 Å². The summed E-state index contributed by atoms with van der Waals surface area (Å²) in [5.74, 6) is -0.477. The number of rotatable bonds is 7. The molecule has 0 heterocycles. The van der Waals surface area contributed by atoms with Crippen molar-refractivity contribution in [3.05, 3.63) is 59.7 Å². The maximum atomic E-state index is 11.8. The van der Waals surface area contributed by atoms with Crippen LogP contribution in [0.3, 0.4) is 0 Å². The number of aryl methyl sites for hydroxylation is 1. The molecule has 0 spiro atoms. The number of nitrogens with two attached hydrogens (primary N) is 1. The Morgan fingerprint density at radius 3 is 1.96 bits per heavy atom. The zero-order chi connectivity index (χ0) is 19.1. The monoisotopic (exact) mass is 355 g/mol. The van der Waals surface area contributed by atoms with Crippen LogP contribution in [0.1, 0.15) is 17.5 Å². The van der Waals surface area contributed by atoms with Gasteiger partial charge in [-0.25, -0.2) is 5.48 Å². The Kier molecular flexibility index (Phi) is 6.89. The van der Waals surface area contributed by atoms with Crippen LogP contribution in [0.25, 0.3) is 11.1 Å². The molecule has 0 fully saturated rings. The highest BCUT2D eigenvalue weighted by Crippen LogP contribution is 2.21. The number of carbonyl (C=O) groups is 2. The number of benzene rings is 2. The Hall–Kier alpha value is -2.70. The highest BCUT2D eigenvalue weighted by atomic mass is 16.5. The summed E-state index contributed by atoms with van der Waals surface area (Å²) in [5, 5.41) is 8.51. The van der Waals surface area contributed by atoms with Crippen LogP contribution in [0, 0.1) is 0 Å². The zero-order valence-electron chi connectivity index (χ0n) is 15.1. The van der Waals surface area contributed by atoms with Crippen LogP contribution < -0.4 is 11.2 Å². The first kappa shape index (κ1) is 19.6. The second kappa shape index (κ2) is 9.12. The van der Waals surface area contributed by atoms with Gasteiger partial charge in [0.25, 0.3) is 0 Å². The molecule has 138 valence electrons. The van der Waals surface area contributed by atoms with Crippen molar-refractivity contribution < 1.29 is 14.8 Å². The van der Waals surface area contributed by atoms with Gasteiger partial charge in [0.2, 0.25) is 11.8 Å². The minimum atomic E-state index is -0.536. The summed E-state index contributed by atoms with van der Waals surface area (Å²) in [6.07, 6.45) is 1.32. The van der Waals surface area contributed by atoms with E-state index in [0.29, 0.717) is 12.8 Å². The van der Waals surface area contributed by atoms with E-state index < -0.39 is 11.9 Å². The Bertz CT molecular complexity index is 740. The van der Waals surface area contributed by atoms with Crippen molar-refractivity contribution in [3.63, 3.8) is 0 Å².